The number of benzene rings is 1. The second kappa shape index (κ2) is 8.80. The van der Waals surface area contributed by atoms with Crippen LogP contribution in [0, 0.1) is 0 Å². The Bertz CT molecular complexity index is 752. The lowest BCUT2D eigenvalue weighted by molar-refractivity contribution is -0.289. The van der Waals surface area contributed by atoms with Crippen LogP contribution in [0.3, 0.4) is 0 Å². The van der Waals surface area contributed by atoms with Gasteiger partial charge in [0.2, 0.25) is 5.95 Å². The molecule has 1 fully saturated rings. The largest absolute Gasteiger partial charge is 0.389 e. The molecule has 27 heavy (non-hydrogen) atoms. The average Bonchev–Trinajstić information content (AvgIpc) is 2.68. The first-order valence-corrected chi connectivity index (χ1v) is 8.42. The van der Waals surface area contributed by atoms with Crippen molar-refractivity contribution in [1.82, 2.24) is 15.2 Å². The highest BCUT2D eigenvalue weighted by molar-refractivity contribution is 5.73. The van der Waals surface area contributed by atoms with Gasteiger partial charge >= 0.3 is 0 Å². The lowest BCUT2D eigenvalue weighted by Gasteiger charge is -2.38. The molecule has 6 N–H and O–H groups in total. The fourth-order valence-corrected chi connectivity index (χ4v) is 2.61. The van der Waals surface area contributed by atoms with Crippen molar-refractivity contribution in [3.8, 4) is 0 Å². The van der Waals surface area contributed by atoms with Crippen LogP contribution in [0.5, 0.6) is 0 Å². The predicted molar refractivity (Wildman–Crippen MR) is 91.5 cm³/mol. The Labute approximate surface area is 154 Å². The minimum Gasteiger partial charge on any atom is -0.389 e. The third kappa shape index (κ3) is 4.84. The Kier molecular flexibility index (Phi) is 6.44. The van der Waals surface area contributed by atoms with Crippen molar-refractivity contribution in [3.63, 3.8) is 0 Å². The van der Waals surface area contributed by atoms with E-state index in [4.69, 9.17) is 9.47 Å². The highest BCUT2D eigenvalue weighted by atomic mass is 16.6. The van der Waals surface area contributed by atoms with Crippen molar-refractivity contribution in [3.05, 3.63) is 24.3 Å². The minimum atomic E-state index is -1.62. The molecular formula is C16H22N4O7. The van der Waals surface area contributed by atoms with Crippen LogP contribution >= 0.6 is 0 Å². The van der Waals surface area contributed by atoms with Crippen molar-refractivity contribution >= 4 is 17.0 Å². The molecule has 6 atom stereocenters. The van der Waals surface area contributed by atoms with E-state index >= 15 is 0 Å². The molecular weight excluding hydrogens is 360 g/mol. The third-order valence-electron chi connectivity index (χ3n) is 4.14. The molecule has 1 aliphatic heterocycles. The van der Waals surface area contributed by atoms with Crippen molar-refractivity contribution in [2.75, 3.05) is 25.1 Å². The summed E-state index contributed by atoms with van der Waals surface area (Å²) in [6.45, 7) is -0.194. The predicted octanol–water partition coefficient (Wildman–Crippen LogP) is -2.39. The smallest absolute Gasteiger partial charge is 0.243 e. The summed E-state index contributed by atoms with van der Waals surface area (Å²) in [6.07, 6.45) is -8.14. The van der Waals surface area contributed by atoms with E-state index in [1.54, 1.807) is 12.1 Å². The summed E-state index contributed by atoms with van der Waals surface area (Å²) in [5.74, 6) is 0.263. The zero-order chi connectivity index (χ0) is 19.4. The number of aliphatic hydroxyl groups is 5. The molecule has 2 heterocycles. The molecule has 1 aromatic heterocycles. The SMILES string of the molecule is OC(CNc1nnc2ccccc2n1)COCC1OC(O)C(O)C(O)C1O. The summed E-state index contributed by atoms with van der Waals surface area (Å²) >= 11 is 0. The molecule has 11 heteroatoms. The quantitative estimate of drug-likeness (QED) is 0.302. The van der Waals surface area contributed by atoms with Crippen molar-refractivity contribution in [2.24, 2.45) is 0 Å². The molecule has 3 rings (SSSR count). The van der Waals surface area contributed by atoms with Gasteiger partial charge in [-0.15, -0.1) is 10.2 Å². The highest BCUT2D eigenvalue weighted by Crippen LogP contribution is 2.20. The van der Waals surface area contributed by atoms with Gasteiger partial charge in [0.05, 0.1) is 24.8 Å². The monoisotopic (exact) mass is 382 g/mol. The number of anilines is 1. The first-order chi connectivity index (χ1) is 13.0. The number of rotatable bonds is 7. The number of aliphatic hydroxyl groups excluding tert-OH is 5. The summed E-state index contributed by atoms with van der Waals surface area (Å²) in [7, 11) is 0. The second-order valence-electron chi connectivity index (χ2n) is 6.23. The Balaban J connectivity index is 1.42. The van der Waals surface area contributed by atoms with Gasteiger partial charge in [-0.05, 0) is 12.1 Å². The number of nitrogens with zero attached hydrogens (tertiary/aromatic N) is 3. The number of nitrogens with one attached hydrogen (secondary N) is 1. The Morgan fingerprint density at radius 2 is 1.78 bits per heavy atom. The zero-order valence-corrected chi connectivity index (χ0v) is 14.3. The van der Waals surface area contributed by atoms with Crippen molar-refractivity contribution in [1.29, 1.82) is 0 Å². The molecule has 0 amide bonds. The van der Waals surface area contributed by atoms with Crippen LogP contribution in [0.25, 0.3) is 11.0 Å². The normalized spacial score (nSPS) is 29.6. The molecule has 2 aromatic rings. The topological polar surface area (TPSA) is 170 Å². The van der Waals surface area contributed by atoms with Crippen LogP contribution in [0.15, 0.2) is 24.3 Å². The number of hydrogen-bond donors (Lipinski definition) is 6. The molecule has 1 aromatic carbocycles. The van der Waals surface area contributed by atoms with E-state index in [-0.39, 0.29) is 25.7 Å². The fraction of sp³-hybridized carbons (Fsp3) is 0.562. The van der Waals surface area contributed by atoms with Gasteiger partial charge in [0.25, 0.3) is 0 Å². The Morgan fingerprint density at radius 3 is 2.56 bits per heavy atom. The summed E-state index contributed by atoms with van der Waals surface area (Å²) in [6, 6.07) is 7.25. The van der Waals surface area contributed by atoms with Gasteiger partial charge in [0.1, 0.15) is 29.9 Å². The summed E-state index contributed by atoms with van der Waals surface area (Å²) in [5.41, 5.74) is 1.33. The molecule has 0 aliphatic carbocycles. The highest BCUT2D eigenvalue weighted by Gasteiger charge is 2.42. The molecule has 1 saturated heterocycles. The van der Waals surface area contributed by atoms with Gasteiger partial charge in [-0.25, -0.2) is 4.98 Å². The summed E-state index contributed by atoms with van der Waals surface area (Å²) in [4.78, 5) is 4.27. The van der Waals surface area contributed by atoms with Crippen LogP contribution in [-0.4, -0.2) is 97.3 Å². The van der Waals surface area contributed by atoms with E-state index in [1.807, 2.05) is 12.1 Å². The van der Waals surface area contributed by atoms with Gasteiger partial charge in [-0.1, -0.05) is 12.1 Å². The fourth-order valence-electron chi connectivity index (χ4n) is 2.61. The first-order valence-electron chi connectivity index (χ1n) is 8.42. The summed E-state index contributed by atoms with van der Waals surface area (Å²) < 4.78 is 10.2. The van der Waals surface area contributed by atoms with E-state index < -0.39 is 36.8 Å². The maximum absolute atomic E-state index is 9.96. The molecule has 6 unspecified atom stereocenters. The Hall–Kier alpha value is -1.99. The van der Waals surface area contributed by atoms with Crippen LogP contribution in [0.4, 0.5) is 5.95 Å². The van der Waals surface area contributed by atoms with Gasteiger partial charge in [-0.2, -0.15) is 0 Å². The van der Waals surface area contributed by atoms with Gasteiger partial charge in [-0.3, -0.25) is 0 Å². The summed E-state index contributed by atoms with van der Waals surface area (Å²) in [5, 5.41) is 59.0. The van der Waals surface area contributed by atoms with E-state index in [0.29, 0.717) is 11.0 Å². The average molecular weight is 382 g/mol. The van der Waals surface area contributed by atoms with Crippen LogP contribution in [0.1, 0.15) is 0 Å². The number of para-hydroxylation sites is 1. The molecule has 0 bridgehead atoms. The molecule has 0 spiro atoms. The first kappa shape index (κ1) is 19.8. The third-order valence-corrected chi connectivity index (χ3v) is 4.14. The van der Waals surface area contributed by atoms with Gasteiger partial charge < -0.3 is 40.3 Å². The molecule has 1 aliphatic rings. The molecule has 148 valence electrons. The lowest BCUT2D eigenvalue weighted by Crippen LogP contribution is -2.58. The minimum absolute atomic E-state index is 0.0953. The molecule has 11 nitrogen and oxygen atoms in total. The van der Waals surface area contributed by atoms with E-state index in [9.17, 15) is 25.5 Å². The number of aromatic nitrogens is 3. The molecule has 0 saturated carbocycles. The van der Waals surface area contributed by atoms with E-state index in [2.05, 4.69) is 20.5 Å². The Morgan fingerprint density at radius 1 is 1.04 bits per heavy atom. The standard InChI is InChI=1S/C16H22N4O7/c21-8(5-17-16-18-9-3-1-2-4-10(9)19-20-16)6-26-7-11-12(22)13(23)14(24)15(25)27-11/h1-4,8,11-15,21-25H,5-7H2,(H,17,18,20). The second-order valence-corrected chi connectivity index (χ2v) is 6.23. The maximum atomic E-state index is 9.96. The number of fused-ring (bicyclic) bond motifs is 1. The van der Waals surface area contributed by atoms with Crippen LogP contribution < -0.4 is 5.32 Å². The van der Waals surface area contributed by atoms with E-state index in [1.165, 1.54) is 0 Å². The van der Waals surface area contributed by atoms with Crippen LogP contribution in [0.2, 0.25) is 0 Å². The zero-order valence-electron chi connectivity index (χ0n) is 14.3. The molecule has 0 radical (unpaired) electrons. The van der Waals surface area contributed by atoms with E-state index in [0.717, 1.165) is 0 Å². The number of ether oxygens (including phenoxy) is 2. The maximum Gasteiger partial charge on any atom is 0.243 e. The van der Waals surface area contributed by atoms with Crippen molar-refractivity contribution in [2.45, 2.75) is 36.8 Å². The van der Waals surface area contributed by atoms with Gasteiger partial charge in [0, 0.05) is 6.54 Å². The lowest BCUT2D eigenvalue weighted by atomic mass is 9.99. The van der Waals surface area contributed by atoms with Gasteiger partial charge in [0.15, 0.2) is 6.29 Å². The van der Waals surface area contributed by atoms with Crippen molar-refractivity contribution < 1.29 is 35.0 Å². The number of hydrogen-bond acceptors (Lipinski definition) is 11. The van der Waals surface area contributed by atoms with Crippen LogP contribution in [-0.2, 0) is 9.47 Å².